The van der Waals surface area contributed by atoms with E-state index < -0.39 is 0 Å². The Hall–Kier alpha value is 0.175. The molecule has 0 radical (unpaired) electrons. The van der Waals surface area contributed by atoms with Gasteiger partial charge in [0, 0.05) is 6.00 Å². The molecule has 1 fully saturated rings. The van der Waals surface area contributed by atoms with Gasteiger partial charge in [-0.1, -0.05) is 6.82 Å². The summed E-state index contributed by atoms with van der Waals surface area (Å²) in [4.78, 5) is 0. The SMILES string of the molecule is B[C@H]1CC(OB(BC)P=O)C(CO)O1. The topological polar surface area (TPSA) is 55.8 Å². The molecule has 1 N–H and O–H groups in total. The van der Waals surface area contributed by atoms with Crippen molar-refractivity contribution in [3.8, 4) is 0 Å². The summed E-state index contributed by atoms with van der Waals surface area (Å²) in [5, 5.41) is 9.03. The van der Waals surface area contributed by atoms with Crippen molar-refractivity contribution in [1.82, 2.24) is 0 Å². The molecule has 1 saturated heterocycles. The van der Waals surface area contributed by atoms with Crippen LogP contribution in [0.1, 0.15) is 6.42 Å². The third-order valence-electron chi connectivity index (χ3n) is 2.36. The molecule has 14 heavy (non-hydrogen) atoms. The molecule has 1 aliphatic heterocycles. The molecular formula is C6H14B3O4P. The van der Waals surface area contributed by atoms with Crippen LogP contribution in [0.3, 0.4) is 0 Å². The van der Waals surface area contributed by atoms with E-state index in [9.17, 15) is 4.57 Å². The van der Waals surface area contributed by atoms with Crippen molar-refractivity contribution in [2.45, 2.75) is 31.5 Å². The van der Waals surface area contributed by atoms with Gasteiger partial charge in [-0.3, -0.25) is 4.57 Å². The number of hydrogen-bond donors (Lipinski definition) is 1. The molecule has 0 bridgehead atoms. The van der Waals surface area contributed by atoms with E-state index in [1.165, 1.54) is 0 Å². The minimum atomic E-state index is -0.275. The standard InChI is InChI=1S/C6H14B3O4P/c1-8-9(14-11)13-4-2-6(7)12-5(4)3-10/h4-6,8,10H,2-3,7H2,1H3/t4?,5?,6-/m1/s1. The van der Waals surface area contributed by atoms with Gasteiger partial charge < -0.3 is 14.5 Å². The molecule has 0 saturated carbocycles. The van der Waals surface area contributed by atoms with Gasteiger partial charge in [0.15, 0.2) is 0 Å². The Labute approximate surface area is 87.6 Å². The number of ether oxygens (including phenoxy) is 1. The van der Waals surface area contributed by atoms with Gasteiger partial charge in [0.05, 0.1) is 12.7 Å². The fraction of sp³-hybridized carbons (Fsp3) is 1.00. The molecule has 0 aromatic rings. The van der Waals surface area contributed by atoms with Crippen LogP contribution < -0.4 is 0 Å². The van der Waals surface area contributed by atoms with E-state index >= 15 is 0 Å². The van der Waals surface area contributed by atoms with Crippen molar-refractivity contribution in [1.29, 1.82) is 0 Å². The van der Waals surface area contributed by atoms with Gasteiger partial charge in [0.25, 0.3) is 0 Å². The second kappa shape index (κ2) is 5.91. The van der Waals surface area contributed by atoms with E-state index in [1.807, 2.05) is 14.7 Å². The van der Waals surface area contributed by atoms with Crippen molar-refractivity contribution in [2.75, 3.05) is 6.61 Å². The summed E-state index contributed by atoms with van der Waals surface area (Å²) in [6, 6.07) is 0.109. The van der Waals surface area contributed by atoms with E-state index in [0.717, 1.165) is 6.42 Å². The van der Waals surface area contributed by atoms with Gasteiger partial charge >= 0.3 is 6.53 Å². The molecule has 1 rings (SSSR count). The zero-order valence-corrected chi connectivity index (χ0v) is 9.44. The number of hydrogen-bond acceptors (Lipinski definition) is 4. The first-order valence-corrected chi connectivity index (χ1v) is 5.83. The molecule has 1 aliphatic rings. The predicted molar refractivity (Wildman–Crippen MR) is 60.2 cm³/mol. The summed E-state index contributed by atoms with van der Waals surface area (Å²) in [6.45, 7) is 1.60. The molecule has 0 aromatic carbocycles. The first-order valence-electron chi connectivity index (χ1n) is 4.95. The molecule has 1 heterocycles. The first-order chi connectivity index (χ1) is 6.71. The van der Waals surface area contributed by atoms with Crippen molar-refractivity contribution in [2.24, 2.45) is 0 Å². The molecule has 76 valence electrons. The largest absolute Gasteiger partial charge is 0.425 e. The third-order valence-corrected chi connectivity index (χ3v) is 3.09. The van der Waals surface area contributed by atoms with Crippen LogP contribution in [0.4, 0.5) is 0 Å². The smallest absolute Gasteiger partial charge is 0.357 e. The maximum Gasteiger partial charge on any atom is 0.357 e. The van der Waals surface area contributed by atoms with E-state index in [4.69, 9.17) is 14.5 Å². The average Bonchev–Trinajstić information content (AvgIpc) is 2.55. The van der Waals surface area contributed by atoms with Crippen molar-refractivity contribution < 1.29 is 19.1 Å². The maximum atomic E-state index is 10.7. The van der Waals surface area contributed by atoms with Gasteiger partial charge in [-0.2, -0.15) is 0 Å². The quantitative estimate of drug-likeness (QED) is 0.464. The molecule has 0 aliphatic carbocycles. The predicted octanol–water partition coefficient (Wildman–Crippen LogP) is -1.13. The Morgan fingerprint density at radius 3 is 3.07 bits per heavy atom. The summed E-state index contributed by atoms with van der Waals surface area (Å²) < 4.78 is 21.7. The third kappa shape index (κ3) is 3.09. The van der Waals surface area contributed by atoms with Crippen LogP contribution in [0.2, 0.25) is 6.82 Å². The Kier molecular flexibility index (Phi) is 5.17. The summed E-state index contributed by atoms with van der Waals surface area (Å²) >= 11 is 0. The van der Waals surface area contributed by atoms with Crippen LogP contribution in [-0.4, -0.2) is 51.5 Å². The Bertz CT molecular complexity index is 196. The maximum absolute atomic E-state index is 10.7. The fourth-order valence-corrected chi connectivity index (χ4v) is 1.98. The zero-order chi connectivity index (χ0) is 10.6. The first kappa shape index (κ1) is 12.2. The van der Waals surface area contributed by atoms with E-state index in [2.05, 4.69) is 0 Å². The van der Waals surface area contributed by atoms with Crippen LogP contribution in [0.25, 0.3) is 0 Å². The molecule has 2 unspecified atom stereocenters. The molecular weight excluding hydrogens is 199 g/mol. The highest BCUT2D eigenvalue weighted by Gasteiger charge is 2.35. The number of aliphatic hydroxyl groups is 1. The van der Waals surface area contributed by atoms with Crippen LogP contribution in [0.5, 0.6) is 0 Å². The molecule has 3 atom stereocenters. The van der Waals surface area contributed by atoms with E-state index in [1.54, 1.807) is 0 Å². The molecule has 4 nitrogen and oxygen atoms in total. The van der Waals surface area contributed by atoms with Crippen molar-refractivity contribution >= 4 is 29.9 Å². The Balaban J connectivity index is 2.45. The van der Waals surface area contributed by atoms with Gasteiger partial charge in [0.1, 0.15) is 29.5 Å². The molecule has 8 heteroatoms. The minimum absolute atomic E-state index is 0.00524. The summed E-state index contributed by atoms with van der Waals surface area (Å²) in [7, 11) is 2.65. The normalized spacial score (nSPS) is 32.0. The Morgan fingerprint density at radius 2 is 2.57 bits per heavy atom. The van der Waals surface area contributed by atoms with Crippen LogP contribution in [0.15, 0.2) is 0 Å². The monoisotopic (exact) mass is 214 g/mol. The van der Waals surface area contributed by atoms with Gasteiger partial charge in [-0.15, -0.1) is 0 Å². The molecule has 0 spiro atoms. The van der Waals surface area contributed by atoms with Crippen molar-refractivity contribution in [3.05, 3.63) is 0 Å². The molecule has 0 aromatic heterocycles. The highest BCUT2D eigenvalue weighted by molar-refractivity contribution is 7.76. The van der Waals surface area contributed by atoms with E-state index in [0.29, 0.717) is 7.17 Å². The zero-order valence-electron chi connectivity index (χ0n) is 8.55. The lowest BCUT2D eigenvalue weighted by molar-refractivity contribution is 0.00462. The van der Waals surface area contributed by atoms with Crippen LogP contribution in [-0.2, 0) is 14.0 Å². The lowest BCUT2D eigenvalue weighted by Crippen LogP contribution is -2.33. The van der Waals surface area contributed by atoms with Gasteiger partial charge in [-0.25, -0.2) is 0 Å². The lowest BCUT2D eigenvalue weighted by atomic mass is 9.50. The highest BCUT2D eigenvalue weighted by Crippen LogP contribution is 2.23. The van der Waals surface area contributed by atoms with Crippen molar-refractivity contribution in [3.63, 3.8) is 0 Å². The number of rotatable bonds is 5. The fourth-order valence-electron chi connectivity index (χ4n) is 1.62. The number of aliphatic hydroxyl groups excluding tert-OH is 1. The van der Waals surface area contributed by atoms with Gasteiger partial charge in [-0.05, 0) is 6.42 Å². The average molecular weight is 214 g/mol. The second-order valence-corrected chi connectivity index (χ2v) is 4.33. The summed E-state index contributed by atoms with van der Waals surface area (Å²) in [5.74, 6) is 0. The Morgan fingerprint density at radius 1 is 1.86 bits per heavy atom. The lowest BCUT2D eigenvalue weighted by Gasteiger charge is -2.18. The second-order valence-electron chi connectivity index (χ2n) is 3.55. The summed E-state index contributed by atoms with van der Waals surface area (Å²) in [5.41, 5.74) is 0. The minimum Gasteiger partial charge on any atom is -0.425 e. The van der Waals surface area contributed by atoms with Gasteiger partial charge in [0.2, 0.25) is 0 Å². The summed E-state index contributed by atoms with van der Waals surface area (Å²) in [6.07, 6.45) is 0.374. The van der Waals surface area contributed by atoms with E-state index in [-0.39, 0.29) is 39.7 Å². The molecule has 0 amide bonds. The van der Waals surface area contributed by atoms with Crippen LogP contribution in [0, 0.1) is 0 Å². The highest BCUT2D eigenvalue weighted by atomic mass is 31.1. The van der Waals surface area contributed by atoms with Crippen LogP contribution >= 0.6 is 8.34 Å².